The highest BCUT2D eigenvalue weighted by Gasteiger charge is 2.23. The Labute approximate surface area is 178 Å². The van der Waals surface area contributed by atoms with E-state index in [4.69, 9.17) is 10.5 Å². The van der Waals surface area contributed by atoms with E-state index in [1.807, 2.05) is 35.2 Å². The van der Waals surface area contributed by atoms with Crippen molar-refractivity contribution >= 4 is 29.2 Å². The van der Waals surface area contributed by atoms with Crippen molar-refractivity contribution in [1.82, 2.24) is 9.55 Å². The van der Waals surface area contributed by atoms with Crippen LogP contribution in [0.3, 0.4) is 0 Å². The predicted octanol–water partition coefficient (Wildman–Crippen LogP) is 2.89. The number of methoxy groups -OCH3 is 1. The average molecular weight is 423 g/mol. The van der Waals surface area contributed by atoms with E-state index in [1.54, 1.807) is 23.8 Å². The third kappa shape index (κ3) is 4.04. The van der Waals surface area contributed by atoms with Crippen LogP contribution < -0.4 is 20.9 Å². The first kappa shape index (κ1) is 20.0. The Balaban J connectivity index is 1.59. The van der Waals surface area contributed by atoms with E-state index in [0.29, 0.717) is 17.5 Å². The fourth-order valence-corrected chi connectivity index (χ4v) is 4.47. The van der Waals surface area contributed by atoms with Crippen molar-refractivity contribution < 1.29 is 9.53 Å². The Bertz CT molecular complexity index is 1130. The average Bonchev–Trinajstić information content (AvgIpc) is 2.77. The summed E-state index contributed by atoms with van der Waals surface area (Å²) in [6.45, 7) is 0.687. The number of carbonyl (C=O) groups is 1. The summed E-state index contributed by atoms with van der Waals surface area (Å²) >= 11 is 1.21. The van der Waals surface area contributed by atoms with Crippen LogP contribution in [0.5, 0.6) is 5.75 Å². The third-order valence-electron chi connectivity index (χ3n) is 4.99. The molecule has 1 amide bonds. The van der Waals surface area contributed by atoms with Gasteiger partial charge in [-0.2, -0.15) is 4.98 Å². The van der Waals surface area contributed by atoms with Crippen molar-refractivity contribution in [1.29, 1.82) is 0 Å². The number of rotatable bonds is 5. The zero-order valence-electron chi connectivity index (χ0n) is 16.6. The van der Waals surface area contributed by atoms with Gasteiger partial charge in [0.05, 0.1) is 12.9 Å². The Hall–Kier alpha value is -3.26. The number of nitrogens with two attached hydrogens (primary N) is 1. The number of thioether (sulfide) groups is 1. The highest BCUT2D eigenvalue weighted by Crippen LogP contribution is 2.29. The molecule has 0 bridgehead atoms. The van der Waals surface area contributed by atoms with Gasteiger partial charge in [0.25, 0.3) is 5.56 Å². The Morgan fingerprint density at radius 1 is 1.20 bits per heavy atom. The molecule has 7 nitrogen and oxygen atoms in total. The maximum Gasteiger partial charge on any atom is 0.275 e. The molecule has 0 atom stereocenters. The summed E-state index contributed by atoms with van der Waals surface area (Å²) in [5.41, 5.74) is 8.56. The molecule has 1 aliphatic rings. The molecular weight excluding hydrogens is 400 g/mol. The lowest BCUT2D eigenvalue weighted by Gasteiger charge is -2.29. The van der Waals surface area contributed by atoms with Gasteiger partial charge < -0.3 is 15.4 Å². The first-order valence-corrected chi connectivity index (χ1v) is 10.6. The minimum atomic E-state index is -0.435. The molecule has 0 radical (unpaired) electrons. The maximum absolute atomic E-state index is 13.0. The standard InChI is InChI=1S/C22H22N4O3S/c1-29-17-10-8-16(9-11-17)26-19(23)13-20(27)24-22(26)30-14-21(28)25-12-4-6-15-5-2-3-7-18(15)25/h2-3,5,7-11,13H,4,6,12,14,23H2,1H3. The predicted molar refractivity (Wildman–Crippen MR) is 119 cm³/mol. The van der Waals surface area contributed by atoms with Gasteiger partial charge in [0, 0.05) is 24.0 Å². The highest BCUT2D eigenvalue weighted by atomic mass is 32.2. The van der Waals surface area contributed by atoms with E-state index in [0.717, 1.165) is 24.2 Å². The molecule has 2 aromatic carbocycles. The van der Waals surface area contributed by atoms with Crippen LogP contribution in [0.1, 0.15) is 12.0 Å². The second-order valence-corrected chi connectivity index (χ2v) is 7.84. The van der Waals surface area contributed by atoms with Gasteiger partial charge in [-0.15, -0.1) is 0 Å². The SMILES string of the molecule is COc1ccc(-n2c(N)cc(=O)nc2SCC(=O)N2CCCc3ccccc32)cc1. The molecule has 0 aliphatic carbocycles. The lowest BCUT2D eigenvalue weighted by molar-refractivity contribution is -0.116. The number of para-hydroxylation sites is 1. The van der Waals surface area contributed by atoms with E-state index in [2.05, 4.69) is 11.1 Å². The Morgan fingerprint density at radius 2 is 1.97 bits per heavy atom. The lowest BCUT2D eigenvalue weighted by Crippen LogP contribution is -2.36. The van der Waals surface area contributed by atoms with Crippen LogP contribution in [0, 0.1) is 0 Å². The van der Waals surface area contributed by atoms with Crippen LogP contribution in [0.15, 0.2) is 64.5 Å². The molecule has 154 valence electrons. The molecule has 8 heteroatoms. The largest absolute Gasteiger partial charge is 0.497 e. The van der Waals surface area contributed by atoms with E-state index >= 15 is 0 Å². The van der Waals surface area contributed by atoms with Crippen molar-refractivity contribution in [3.63, 3.8) is 0 Å². The van der Waals surface area contributed by atoms with E-state index in [9.17, 15) is 9.59 Å². The van der Waals surface area contributed by atoms with Crippen molar-refractivity contribution in [2.75, 3.05) is 30.0 Å². The monoisotopic (exact) mass is 422 g/mol. The molecule has 30 heavy (non-hydrogen) atoms. The molecule has 0 saturated carbocycles. The number of carbonyl (C=O) groups excluding carboxylic acids is 1. The molecule has 0 unspecified atom stereocenters. The number of ether oxygens (including phenoxy) is 1. The van der Waals surface area contributed by atoms with Crippen LogP contribution >= 0.6 is 11.8 Å². The lowest BCUT2D eigenvalue weighted by atomic mass is 10.0. The zero-order chi connectivity index (χ0) is 21.1. The molecule has 2 N–H and O–H groups in total. The maximum atomic E-state index is 13.0. The van der Waals surface area contributed by atoms with Crippen molar-refractivity contribution in [2.45, 2.75) is 18.0 Å². The van der Waals surface area contributed by atoms with Gasteiger partial charge in [-0.1, -0.05) is 30.0 Å². The fraction of sp³-hybridized carbons (Fsp3) is 0.227. The quantitative estimate of drug-likeness (QED) is 0.502. The fourth-order valence-electron chi connectivity index (χ4n) is 3.56. The first-order valence-electron chi connectivity index (χ1n) is 9.62. The summed E-state index contributed by atoms with van der Waals surface area (Å²) < 4.78 is 6.87. The minimum Gasteiger partial charge on any atom is -0.497 e. The third-order valence-corrected chi connectivity index (χ3v) is 5.92. The van der Waals surface area contributed by atoms with Crippen LogP contribution in [0.4, 0.5) is 11.5 Å². The molecule has 2 heterocycles. The molecule has 4 rings (SSSR count). The minimum absolute atomic E-state index is 0.0231. The molecule has 0 saturated heterocycles. The number of aromatic nitrogens is 2. The summed E-state index contributed by atoms with van der Waals surface area (Å²) in [6.07, 6.45) is 1.90. The number of benzene rings is 2. The van der Waals surface area contributed by atoms with Crippen molar-refractivity contribution in [3.05, 3.63) is 70.5 Å². The molecule has 1 aromatic heterocycles. The van der Waals surface area contributed by atoms with Crippen molar-refractivity contribution in [2.24, 2.45) is 0 Å². The van der Waals surface area contributed by atoms with Gasteiger partial charge in [-0.05, 0) is 48.7 Å². The zero-order valence-corrected chi connectivity index (χ0v) is 17.4. The molecule has 1 aliphatic heterocycles. The van der Waals surface area contributed by atoms with Gasteiger partial charge in [0.15, 0.2) is 5.16 Å². The number of hydrogen-bond donors (Lipinski definition) is 1. The number of nitrogen functional groups attached to an aromatic ring is 1. The summed E-state index contributed by atoms with van der Waals surface area (Å²) in [5.74, 6) is 1.10. The Kier molecular flexibility index (Phi) is 5.76. The van der Waals surface area contributed by atoms with Crippen LogP contribution in [0.2, 0.25) is 0 Å². The number of nitrogens with zero attached hydrogens (tertiary/aromatic N) is 3. The second kappa shape index (κ2) is 8.62. The number of hydrogen-bond acceptors (Lipinski definition) is 6. The van der Waals surface area contributed by atoms with Crippen LogP contribution in [0.25, 0.3) is 5.69 Å². The molecular formula is C22H22N4O3S. The summed E-state index contributed by atoms with van der Waals surface area (Å²) in [7, 11) is 1.59. The van der Waals surface area contributed by atoms with Crippen LogP contribution in [-0.2, 0) is 11.2 Å². The number of fused-ring (bicyclic) bond motifs is 1. The molecule has 0 fully saturated rings. The van der Waals surface area contributed by atoms with Gasteiger partial charge in [0.2, 0.25) is 5.91 Å². The van der Waals surface area contributed by atoms with E-state index < -0.39 is 5.56 Å². The second-order valence-electron chi connectivity index (χ2n) is 6.90. The van der Waals surface area contributed by atoms with Crippen molar-refractivity contribution in [3.8, 4) is 11.4 Å². The van der Waals surface area contributed by atoms with Gasteiger partial charge in [-0.3, -0.25) is 14.2 Å². The number of amides is 1. The smallest absolute Gasteiger partial charge is 0.275 e. The summed E-state index contributed by atoms with van der Waals surface area (Å²) in [5, 5.41) is 0.379. The summed E-state index contributed by atoms with van der Waals surface area (Å²) in [6, 6.07) is 16.5. The van der Waals surface area contributed by atoms with Gasteiger partial charge >= 0.3 is 0 Å². The normalized spacial score (nSPS) is 13.0. The van der Waals surface area contributed by atoms with Crippen LogP contribution in [-0.4, -0.2) is 34.9 Å². The number of anilines is 2. The van der Waals surface area contributed by atoms with Gasteiger partial charge in [-0.25, -0.2) is 0 Å². The van der Waals surface area contributed by atoms with Gasteiger partial charge in [0.1, 0.15) is 11.6 Å². The molecule has 3 aromatic rings. The Morgan fingerprint density at radius 3 is 2.73 bits per heavy atom. The van der Waals surface area contributed by atoms with E-state index in [-0.39, 0.29) is 17.5 Å². The van der Waals surface area contributed by atoms with E-state index in [1.165, 1.54) is 23.4 Å². The molecule has 0 spiro atoms. The first-order chi connectivity index (χ1) is 14.6. The summed E-state index contributed by atoms with van der Waals surface area (Å²) in [4.78, 5) is 30.9. The number of aryl methyl sites for hydroxylation is 1. The topological polar surface area (TPSA) is 90.5 Å². The highest BCUT2D eigenvalue weighted by molar-refractivity contribution is 7.99.